The average molecular weight is 444 g/mol. The van der Waals surface area contributed by atoms with Crippen LogP contribution in [0.4, 0.5) is 0 Å². The van der Waals surface area contributed by atoms with Gasteiger partial charge in [0, 0.05) is 13.1 Å². The van der Waals surface area contributed by atoms with Crippen molar-refractivity contribution < 1.29 is 4.79 Å². The van der Waals surface area contributed by atoms with Crippen molar-refractivity contribution in [2.45, 2.75) is 37.3 Å². The summed E-state index contributed by atoms with van der Waals surface area (Å²) in [6.45, 7) is 5.03. The Hall–Kier alpha value is -3.45. The van der Waals surface area contributed by atoms with E-state index in [9.17, 15) is 4.79 Å². The molecule has 1 amide bonds. The monoisotopic (exact) mass is 443 g/mol. The molecule has 0 fully saturated rings. The molecule has 4 aromatic rings. The number of carbonyl (C=O) groups excluding carboxylic acids is 1. The maximum Gasteiger partial charge on any atom is 0.236 e. The van der Waals surface area contributed by atoms with Gasteiger partial charge in [0.05, 0.1) is 10.9 Å². The SMILES string of the molecule is Cc1ccc(-n2nnnc2S[C@H](C)C(=O)N(Cc2ccccc2)Cc2ccccc2)cc1. The highest BCUT2D eigenvalue weighted by Crippen LogP contribution is 2.25. The van der Waals surface area contributed by atoms with E-state index in [1.165, 1.54) is 11.8 Å². The number of hydrogen-bond donors (Lipinski definition) is 0. The molecule has 0 saturated carbocycles. The van der Waals surface area contributed by atoms with Crippen molar-refractivity contribution >= 4 is 17.7 Å². The first-order valence-corrected chi connectivity index (χ1v) is 11.4. The highest BCUT2D eigenvalue weighted by molar-refractivity contribution is 8.00. The van der Waals surface area contributed by atoms with Gasteiger partial charge in [0.2, 0.25) is 11.1 Å². The molecule has 0 aliphatic heterocycles. The molecule has 3 aromatic carbocycles. The number of aryl methyl sites for hydroxylation is 1. The fourth-order valence-corrected chi connectivity index (χ4v) is 4.28. The Kier molecular flexibility index (Phi) is 6.97. The molecule has 0 bridgehead atoms. The van der Waals surface area contributed by atoms with E-state index in [0.29, 0.717) is 18.2 Å². The normalized spacial score (nSPS) is 11.8. The lowest BCUT2D eigenvalue weighted by Crippen LogP contribution is -2.35. The second-order valence-electron chi connectivity index (χ2n) is 7.63. The molecule has 0 N–H and O–H groups in total. The third kappa shape index (κ3) is 5.42. The number of nitrogens with zero attached hydrogens (tertiary/aromatic N) is 5. The second kappa shape index (κ2) is 10.2. The lowest BCUT2D eigenvalue weighted by molar-refractivity contribution is -0.131. The molecule has 0 aliphatic rings. The van der Waals surface area contributed by atoms with Crippen LogP contribution in [-0.4, -0.2) is 36.3 Å². The second-order valence-corrected chi connectivity index (χ2v) is 8.94. The van der Waals surface area contributed by atoms with Crippen LogP contribution in [0, 0.1) is 6.92 Å². The van der Waals surface area contributed by atoms with Gasteiger partial charge in [-0.25, -0.2) is 0 Å². The summed E-state index contributed by atoms with van der Waals surface area (Å²) in [6, 6.07) is 28.1. The van der Waals surface area contributed by atoms with Crippen molar-refractivity contribution in [1.29, 1.82) is 0 Å². The molecule has 4 rings (SSSR count). The predicted molar refractivity (Wildman–Crippen MR) is 126 cm³/mol. The fraction of sp³-hybridized carbons (Fsp3) is 0.200. The lowest BCUT2D eigenvalue weighted by atomic mass is 10.1. The van der Waals surface area contributed by atoms with Crippen LogP contribution in [0.25, 0.3) is 5.69 Å². The molecular weight excluding hydrogens is 418 g/mol. The Morgan fingerprint density at radius 3 is 2.03 bits per heavy atom. The van der Waals surface area contributed by atoms with Crippen LogP contribution >= 0.6 is 11.8 Å². The van der Waals surface area contributed by atoms with Crippen molar-refractivity contribution in [3.8, 4) is 5.69 Å². The molecule has 0 unspecified atom stereocenters. The Morgan fingerprint density at radius 2 is 1.47 bits per heavy atom. The van der Waals surface area contributed by atoms with Crippen LogP contribution in [0.5, 0.6) is 0 Å². The summed E-state index contributed by atoms with van der Waals surface area (Å²) in [7, 11) is 0. The van der Waals surface area contributed by atoms with Gasteiger partial charge in [0.15, 0.2) is 0 Å². The highest BCUT2D eigenvalue weighted by atomic mass is 32.2. The van der Waals surface area contributed by atoms with Crippen LogP contribution in [0.3, 0.4) is 0 Å². The van der Waals surface area contributed by atoms with Gasteiger partial charge in [0.1, 0.15) is 0 Å². The summed E-state index contributed by atoms with van der Waals surface area (Å²) in [5.41, 5.74) is 4.22. The molecular formula is C25H25N5OS. The zero-order chi connectivity index (χ0) is 22.3. The average Bonchev–Trinajstić information content (AvgIpc) is 3.28. The number of carbonyl (C=O) groups is 1. The van der Waals surface area contributed by atoms with Crippen molar-refractivity contribution in [2.75, 3.05) is 0 Å². The molecule has 6 nitrogen and oxygen atoms in total. The van der Waals surface area contributed by atoms with Gasteiger partial charge in [-0.3, -0.25) is 4.79 Å². The quantitative estimate of drug-likeness (QED) is 0.370. The first-order valence-electron chi connectivity index (χ1n) is 10.5. The maximum absolute atomic E-state index is 13.5. The van der Waals surface area contributed by atoms with Crippen LogP contribution in [0.2, 0.25) is 0 Å². The minimum atomic E-state index is -0.349. The zero-order valence-corrected chi connectivity index (χ0v) is 18.9. The summed E-state index contributed by atoms with van der Waals surface area (Å²) in [5, 5.41) is 12.4. The van der Waals surface area contributed by atoms with E-state index in [1.807, 2.05) is 104 Å². The van der Waals surface area contributed by atoms with Crippen molar-refractivity contribution in [3.63, 3.8) is 0 Å². The summed E-state index contributed by atoms with van der Waals surface area (Å²) in [6.07, 6.45) is 0. The first kappa shape index (κ1) is 21.8. The van der Waals surface area contributed by atoms with Crippen molar-refractivity contribution in [3.05, 3.63) is 102 Å². The van der Waals surface area contributed by atoms with E-state index in [-0.39, 0.29) is 11.2 Å². The third-order valence-corrected chi connectivity index (χ3v) is 6.11. The lowest BCUT2D eigenvalue weighted by Gasteiger charge is -2.26. The molecule has 0 saturated heterocycles. The maximum atomic E-state index is 13.5. The Morgan fingerprint density at radius 1 is 0.906 bits per heavy atom. The molecule has 1 heterocycles. The summed E-state index contributed by atoms with van der Waals surface area (Å²) >= 11 is 1.37. The van der Waals surface area contributed by atoms with Crippen molar-refractivity contribution in [2.24, 2.45) is 0 Å². The number of benzene rings is 3. The molecule has 0 spiro atoms. The smallest absolute Gasteiger partial charge is 0.236 e. The van der Waals surface area contributed by atoms with Gasteiger partial charge in [0.25, 0.3) is 0 Å². The summed E-state index contributed by atoms with van der Waals surface area (Å²) < 4.78 is 1.67. The number of hydrogen-bond acceptors (Lipinski definition) is 5. The molecule has 162 valence electrons. The van der Waals surface area contributed by atoms with Gasteiger partial charge in [-0.15, -0.1) is 5.10 Å². The van der Waals surface area contributed by atoms with E-state index < -0.39 is 0 Å². The predicted octanol–water partition coefficient (Wildman–Crippen LogP) is 4.68. The minimum Gasteiger partial charge on any atom is -0.333 e. The molecule has 0 aliphatic carbocycles. The van der Waals surface area contributed by atoms with Crippen LogP contribution in [0.1, 0.15) is 23.6 Å². The standard InChI is InChI=1S/C25H25N5OS/c1-19-13-15-23(16-14-19)30-25(26-27-28-30)32-20(2)24(31)29(17-21-9-5-3-6-10-21)18-22-11-7-4-8-12-22/h3-16,20H,17-18H2,1-2H3/t20-/m1/s1. The van der Waals surface area contributed by atoms with Gasteiger partial charge in [-0.05, 0) is 47.5 Å². The van der Waals surface area contributed by atoms with Crippen LogP contribution < -0.4 is 0 Å². The number of aromatic nitrogens is 4. The first-order chi connectivity index (χ1) is 15.6. The molecule has 32 heavy (non-hydrogen) atoms. The zero-order valence-electron chi connectivity index (χ0n) is 18.1. The Labute approximate surface area is 192 Å². The van der Waals surface area contributed by atoms with Crippen LogP contribution in [0.15, 0.2) is 90.1 Å². The Bertz CT molecular complexity index is 1100. The van der Waals surface area contributed by atoms with Crippen LogP contribution in [-0.2, 0) is 17.9 Å². The molecule has 1 aromatic heterocycles. The van der Waals surface area contributed by atoms with E-state index in [2.05, 4.69) is 15.5 Å². The number of thioether (sulfide) groups is 1. The molecule has 7 heteroatoms. The van der Waals surface area contributed by atoms with E-state index >= 15 is 0 Å². The van der Waals surface area contributed by atoms with E-state index in [1.54, 1.807) is 4.68 Å². The van der Waals surface area contributed by atoms with Crippen molar-refractivity contribution in [1.82, 2.24) is 25.1 Å². The Balaban J connectivity index is 1.53. The summed E-state index contributed by atoms with van der Waals surface area (Å²) in [5.74, 6) is 0.0427. The third-order valence-electron chi connectivity index (χ3n) is 5.09. The largest absolute Gasteiger partial charge is 0.333 e. The topological polar surface area (TPSA) is 63.9 Å². The van der Waals surface area contributed by atoms with E-state index in [4.69, 9.17) is 0 Å². The molecule has 1 atom stereocenters. The number of tetrazole rings is 1. The van der Waals surface area contributed by atoms with Gasteiger partial charge in [-0.1, -0.05) is 90.1 Å². The van der Waals surface area contributed by atoms with Gasteiger partial charge < -0.3 is 4.90 Å². The molecule has 0 radical (unpaired) electrons. The van der Waals surface area contributed by atoms with Gasteiger partial charge in [-0.2, -0.15) is 4.68 Å². The van der Waals surface area contributed by atoms with Gasteiger partial charge >= 0.3 is 0 Å². The summed E-state index contributed by atoms with van der Waals surface area (Å²) in [4.78, 5) is 15.4. The number of rotatable bonds is 8. The number of amides is 1. The van der Waals surface area contributed by atoms with E-state index in [0.717, 1.165) is 22.4 Å². The highest BCUT2D eigenvalue weighted by Gasteiger charge is 2.24. The minimum absolute atomic E-state index is 0.0427. The fourth-order valence-electron chi connectivity index (χ4n) is 3.39.